The van der Waals surface area contributed by atoms with Gasteiger partial charge in [-0.15, -0.1) is 0 Å². The van der Waals surface area contributed by atoms with Crippen LogP contribution in [0.25, 0.3) is 0 Å². The van der Waals surface area contributed by atoms with Crippen molar-refractivity contribution in [1.29, 1.82) is 0 Å². The molecular formula is C14H12Cl2SiZr-6. The van der Waals surface area contributed by atoms with Gasteiger partial charge in [0, 0.05) is 0 Å². The van der Waals surface area contributed by atoms with Crippen LogP contribution in [0, 0.1) is 24.3 Å². The Hall–Kier alpha value is 0.380. The van der Waals surface area contributed by atoms with Crippen molar-refractivity contribution >= 4 is 35.5 Å². The van der Waals surface area contributed by atoms with Crippen LogP contribution < -0.4 is 10.4 Å². The maximum Gasteiger partial charge on any atom is -0.0590 e. The average molecular weight is 370 g/mol. The maximum absolute atomic E-state index is 4.93. The fourth-order valence-corrected chi connectivity index (χ4v) is 7.57. The Labute approximate surface area is 129 Å². The molecule has 0 N–H and O–H groups in total. The van der Waals surface area contributed by atoms with Gasteiger partial charge < -0.3 is 29.5 Å². The van der Waals surface area contributed by atoms with Gasteiger partial charge in [0.1, 0.15) is 0 Å². The Kier molecular flexibility index (Phi) is 5.95. The molecule has 0 saturated carbocycles. The summed E-state index contributed by atoms with van der Waals surface area (Å²) in [6, 6.07) is 23.9. The summed E-state index contributed by atoms with van der Waals surface area (Å²) in [4.78, 5) is 0. The Balaban J connectivity index is 0.000000367. The van der Waals surface area contributed by atoms with Crippen LogP contribution in [0.3, 0.4) is 0 Å². The van der Waals surface area contributed by atoms with Gasteiger partial charge in [-0.2, -0.15) is 25.4 Å². The van der Waals surface area contributed by atoms with Crippen LogP contribution in [0.2, 0.25) is 12.1 Å². The smallest absolute Gasteiger partial charge is 0.0590 e. The summed E-state index contributed by atoms with van der Waals surface area (Å²) in [7, 11) is 8.41. The van der Waals surface area contributed by atoms with Crippen LogP contribution in [0.15, 0.2) is 24.3 Å². The van der Waals surface area contributed by atoms with Gasteiger partial charge >= 0.3 is 37.9 Å². The van der Waals surface area contributed by atoms with E-state index in [2.05, 4.69) is 48.5 Å². The van der Waals surface area contributed by atoms with Crippen LogP contribution in [-0.2, 0) is 20.8 Å². The summed E-state index contributed by atoms with van der Waals surface area (Å²) >= 11 is -0.826. The standard InChI is InChI=1S/C14H12Si.2ClH.Zr/c1-2-8-13(7-1)15(11-5-6-12-15)14-9-3-4-10-14;;;/h1-2,7-8H,5-6,11-12H2;2*1H;/q-6;;;+2/p-2. The van der Waals surface area contributed by atoms with Crippen molar-refractivity contribution in [2.24, 2.45) is 0 Å². The molecule has 2 aromatic rings. The summed E-state index contributed by atoms with van der Waals surface area (Å²) in [5.74, 6) is 0. The minimum atomic E-state index is -1.45. The van der Waals surface area contributed by atoms with E-state index in [4.69, 9.17) is 17.0 Å². The minimum absolute atomic E-state index is 0.826. The van der Waals surface area contributed by atoms with Gasteiger partial charge in [-0.05, 0) is 0 Å². The number of hydrogen-bond acceptors (Lipinski definition) is 0. The van der Waals surface area contributed by atoms with Crippen LogP contribution in [0.4, 0.5) is 0 Å². The van der Waals surface area contributed by atoms with Crippen molar-refractivity contribution in [2.75, 3.05) is 0 Å². The van der Waals surface area contributed by atoms with Crippen molar-refractivity contribution in [3.63, 3.8) is 0 Å². The molecule has 1 aliphatic heterocycles. The van der Waals surface area contributed by atoms with Gasteiger partial charge in [0.25, 0.3) is 0 Å². The minimum Gasteiger partial charge on any atom is -0.999 e. The van der Waals surface area contributed by atoms with Crippen LogP contribution in [0.5, 0.6) is 0 Å². The first-order valence-corrected chi connectivity index (χ1v) is 14.7. The van der Waals surface area contributed by atoms with Crippen LogP contribution >= 0.6 is 17.0 Å². The predicted molar refractivity (Wildman–Crippen MR) is 75.0 cm³/mol. The van der Waals surface area contributed by atoms with E-state index in [1.165, 1.54) is 30.1 Å². The summed E-state index contributed by atoms with van der Waals surface area (Å²) in [6.07, 6.45) is 2.73. The second-order valence-corrected chi connectivity index (χ2v) is 12.4. The molecule has 0 bridgehead atoms. The largest absolute Gasteiger partial charge is 0.999 e. The molecule has 1 aliphatic rings. The predicted octanol–water partition coefficient (Wildman–Crippen LogP) is 3.06. The molecule has 0 unspecified atom stereocenters. The molecule has 0 spiro atoms. The molecule has 0 radical (unpaired) electrons. The molecule has 3 rings (SSSR count). The van der Waals surface area contributed by atoms with Gasteiger partial charge in [-0.3, -0.25) is 0 Å². The summed E-state index contributed by atoms with van der Waals surface area (Å²) in [6.45, 7) is 0. The van der Waals surface area contributed by atoms with Crippen molar-refractivity contribution in [3.8, 4) is 0 Å². The normalized spacial score (nSPS) is 17.0. The van der Waals surface area contributed by atoms with E-state index in [1.54, 1.807) is 5.19 Å². The third-order valence-corrected chi connectivity index (χ3v) is 8.65. The second kappa shape index (κ2) is 7.24. The first-order chi connectivity index (χ1) is 8.83. The molecular weight excluding hydrogens is 358 g/mol. The van der Waals surface area contributed by atoms with Crippen LogP contribution in [0.1, 0.15) is 12.8 Å². The summed E-state index contributed by atoms with van der Waals surface area (Å²) < 4.78 is 0. The monoisotopic (exact) mass is 368 g/mol. The van der Waals surface area contributed by atoms with Crippen LogP contribution in [-0.4, -0.2) is 8.07 Å². The maximum atomic E-state index is 4.93. The van der Waals surface area contributed by atoms with E-state index >= 15 is 0 Å². The zero-order valence-electron chi connectivity index (χ0n) is 9.89. The Bertz CT molecular complexity index is 394. The first-order valence-electron chi connectivity index (χ1n) is 5.91. The number of halogens is 2. The topological polar surface area (TPSA) is 0 Å². The quantitative estimate of drug-likeness (QED) is 0.563. The zero-order chi connectivity index (χ0) is 12.8. The van der Waals surface area contributed by atoms with E-state index in [1.807, 2.05) is 0 Å². The molecule has 1 fully saturated rings. The Morgan fingerprint density at radius 1 is 1.00 bits per heavy atom. The van der Waals surface area contributed by atoms with Crippen molar-refractivity contribution in [3.05, 3.63) is 48.5 Å². The Morgan fingerprint density at radius 3 is 2.00 bits per heavy atom. The molecule has 96 valence electrons. The van der Waals surface area contributed by atoms with E-state index in [0.29, 0.717) is 0 Å². The zero-order valence-corrected chi connectivity index (χ0v) is 14.9. The van der Waals surface area contributed by atoms with Crippen molar-refractivity contribution in [2.45, 2.75) is 24.9 Å². The molecule has 0 aromatic heterocycles. The SMILES string of the molecule is [Cl][Zr][Cl].[c-]1[c-][c-][c-]([Si]2([c-]3cccc3)CCCC2)[c-]1. The molecule has 0 atom stereocenters. The van der Waals surface area contributed by atoms with Gasteiger partial charge in [-0.25, -0.2) is 12.1 Å². The van der Waals surface area contributed by atoms with E-state index in [-0.39, 0.29) is 0 Å². The van der Waals surface area contributed by atoms with Gasteiger partial charge in [0.05, 0.1) is 0 Å². The fraction of sp³-hybridized carbons (Fsp3) is 0.286. The van der Waals surface area contributed by atoms with Crippen molar-refractivity contribution in [1.82, 2.24) is 0 Å². The molecule has 2 aromatic carbocycles. The first kappa shape index (κ1) is 14.8. The fourth-order valence-electron chi connectivity index (χ4n) is 2.81. The molecule has 0 nitrogen and oxygen atoms in total. The Morgan fingerprint density at radius 2 is 1.50 bits per heavy atom. The molecule has 0 aliphatic carbocycles. The van der Waals surface area contributed by atoms with Gasteiger partial charge in [0.2, 0.25) is 0 Å². The molecule has 1 saturated heterocycles. The molecule has 4 heteroatoms. The molecule has 0 amide bonds. The summed E-state index contributed by atoms with van der Waals surface area (Å²) in [5, 5.41) is 2.85. The molecule has 1 heterocycles. The number of rotatable bonds is 2. The summed E-state index contributed by atoms with van der Waals surface area (Å²) in [5.41, 5.74) is 0. The third kappa shape index (κ3) is 3.10. The number of hydrogen-bond donors (Lipinski definition) is 0. The third-order valence-electron chi connectivity index (χ3n) is 3.59. The average Bonchev–Trinajstić information content (AvgIpc) is 3.14. The van der Waals surface area contributed by atoms with Gasteiger partial charge in [0.15, 0.2) is 0 Å². The van der Waals surface area contributed by atoms with Gasteiger partial charge in [-0.1, -0.05) is 24.9 Å². The van der Waals surface area contributed by atoms with E-state index in [0.717, 1.165) is 0 Å². The van der Waals surface area contributed by atoms with E-state index < -0.39 is 28.9 Å². The van der Waals surface area contributed by atoms with E-state index in [9.17, 15) is 0 Å². The molecule has 18 heavy (non-hydrogen) atoms. The second-order valence-electron chi connectivity index (χ2n) is 4.41. The van der Waals surface area contributed by atoms with Crippen molar-refractivity contribution < 1.29 is 20.8 Å².